The molecule has 4 rings (SSSR count). The first-order chi connectivity index (χ1) is 16.2. The van der Waals surface area contributed by atoms with Crippen molar-refractivity contribution >= 4 is 23.4 Å². The minimum absolute atomic E-state index is 0.00744. The fraction of sp³-hybridized carbons (Fsp3) is 0.435. The maximum atomic E-state index is 14.6. The molecule has 34 heavy (non-hydrogen) atoms. The summed E-state index contributed by atoms with van der Waals surface area (Å²) in [6, 6.07) is 2.31. The van der Waals surface area contributed by atoms with E-state index in [1.54, 1.807) is 0 Å². The summed E-state index contributed by atoms with van der Waals surface area (Å²) in [6.45, 7) is 2.58. The number of carbonyl (C=O) groups is 2. The maximum Gasteiger partial charge on any atom is 0.280 e. The molecule has 0 saturated carbocycles. The van der Waals surface area contributed by atoms with Crippen molar-refractivity contribution in [2.75, 3.05) is 19.8 Å². The van der Waals surface area contributed by atoms with Crippen LogP contribution in [-0.2, 0) is 9.53 Å². The molecule has 2 aliphatic rings. The molecule has 2 amide bonds. The largest absolute Gasteiger partial charge is 0.381 e. The van der Waals surface area contributed by atoms with Crippen LogP contribution in [0.1, 0.15) is 47.4 Å². The van der Waals surface area contributed by atoms with Gasteiger partial charge in [0.15, 0.2) is 0 Å². The van der Waals surface area contributed by atoms with Gasteiger partial charge in [-0.05, 0) is 36.6 Å². The highest BCUT2D eigenvalue weighted by Crippen LogP contribution is 2.33. The topological polar surface area (TPSA) is 71.5 Å². The van der Waals surface area contributed by atoms with Gasteiger partial charge in [-0.1, -0.05) is 18.5 Å². The van der Waals surface area contributed by atoms with Crippen molar-refractivity contribution < 1.29 is 31.9 Å². The normalized spacial score (nSPS) is 21.4. The molecular weight excluding hydrogens is 478 g/mol. The highest BCUT2D eigenvalue weighted by molar-refractivity contribution is 6.30. The third kappa shape index (κ3) is 4.88. The monoisotopic (exact) mass is 499 g/mol. The molecule has 11 heteroatoms. The average Bonchev–Trinajstić information content (AvgIpc) is 3.16. The number of likely N-dealkylation sites (tertiary alicyclic amines) is 1. The van der Waals surface area contributed by atoms with E-state index in [1.165, 1.54) is 11.0 Å². The van der Waals surface area contributed by atoms with E-state index in [2.05, 4.69) is 10.3 Å². The number of hydrogen-bond donors (Lipinski definition) is 1. The summed E-state index contributed by atoms with van der Waals surface area (Å²) >= 11 is 5.66. The van der Waals surface area contributed by atoms with Crippen molar-refractivity contribution in [3.8, 4) is 0 Å². The number of benzene rings is 1. The first-order valence-electron chi connectivity index (χ1n) is 10.7. The number of nitrogens with one attached hydrogen (secondary N) is 1. The molecule has 2 aliphatic heterocycles. The van der Waals surface area contributed by atoms with Crippen LogP contribution in [-0.4, -0.2) is 47.5 Å². The molecule has 2 aromatic rings. The lowest BCUT2D eigenvalue weighted by Crippen LogP contribution is -2.50. The number of pyridine rings is 1. The van der Waals surface area contributed by atoms with Gasteiger partial charge in [-0.3, -0.25) is 14.6 Å². The summed E-state index contributed by atoms with van der Waals surface area (Å²) < 4.78 is 60.0. The second kappa shape index (κ2) is 9.87. The third-order valence-corrected chi connectivity index (χ3v) is 6.42. The standard InChI is InChI=1S/C23H22ClF4N3O3/c1-11-4-19(31(8-11)23(33)12-2-3-29-18(5-12)21(27)28)22(32)30-20(13-9-34-10-13)14-6-17(26)15(24)7-16(14)25/h2-3,5-7,11,13,19-21H,4,8-10H2,1H3,(H,30,32)/t11-,19-,20-/m1/s1. The number of ether oxygens (including phenoxy) is 1. The van der Waals surface area contributed by atoms with Gasteiger partial charge in [-0.15, -0.1) is 0 Å². The van der Waals surface area contributed by atoms with Gasteiger partial charge in [0.05, 0.1) is 24.3 Å². The Morgan fingerprint density at radius 1 is 1.21 bits per heavy atom. The first-order valence-corrected chi connectivity index (χ1v) is 11.1. The molecule has 0 aliphatic carbocycles. The molecule has 0 radical (unpaired) electrons. The van der Waals surface area contributed by atoms with Crippen LogP contribution in [0.15, 0.2) is 30.5 Å². The van der Waals surface area contributed by atoms with Gasteiger partial charge in [0.2, 0.25) is 5.91 Å². The highest BCUT2D eigenvalue weighted by Gasteiger charge is 2.41. The number of amides is 2. The van der Waals surface area contributed by atoms with Crippen molar-refractivity contribution in [1.82, 2.24) is 15.2 Å². The third-order valence-electron chi connectivity index (χ3n) is 6.13. The fourth-order valence-corrected chi connectivity index (χ4v) is 4.46. The van der Waals surface area contributed by atoms with Crippen LogP contribution in [0.25, 0.3) is 0 Å². The van der Waals surface area contributed by atoms with Gasteiger partial charge in [-0.25, -0.2) is 17.6 Å². The molecule has 0 bridgehead atoms. The number of alkyl halides is 2. The van der Waals surface area contributed by atoms with Crippen LogP contribution in [0, 0.1) is 23.5 Å². The molecule has 6 nitrogen and oxygen atoms in total. The van der Waals surface area contributed by atoms with Gasteiger partial charge in [0.25, 0.3) is 12.3 Å². The molecule has 2 fully saturated rings. The Kier molecular flexibility index (Phi) is 7.09. The van der Waals surface area contributed by atoms with Crippen LogP contribution >= 0.6 is 11.6 Å². The smallest absolute Gasteiger partial charge is 0.280 e. The summed E-state index contributed by atoms with van der Waals surface area (Å²) in [7, 11) is 0. The van der Waals surface area contributed by atoms with Gasteiger partial charge in [0.1, 0.15) is 23.4 Å². The molecule has 3 atom stereocenters. The lowest BCUT2D eigenvalue weighted by molar-refractivity contribution is -0.128. The van der Waals surface area contributed by atoms with Crippen LogP contribution < -0.4 is 5.32 Å². The number of rotatable bonds is 6. The van der Waals surface area contributed by atoms with E-state index in [0.717, 1.165) is 24.4 Å². The Balaban J connectivity index is 1.58. The Morgan fingerprint density at radius 3 is 2.59 bits per heavy atom. The van der Waals surface area contributed by atoms with E-state index >= 15 is 0 Å². The Hall–Kier alpha value is -2.72. The van der Waals surface area contributed by atoms with Gasteiger partial charge < -0.3 is 15.0 Å². The fourth-order valence-electron chi connectivity index (χ4n) is 4.31. The number of nitrogens with zero attached hydrogens (tertiary/aromatic N) is 2. The van der Waals surface area contributed by atoms with E-state index in [0.29, 0.717) is 6.42 Å². The van der Waals surface area contributed by atoms with Crippen molar-refractivity contribution in [1.29, 1.82) is 0 Å². The SMILES string of the molecule is C[C@@H]1C[C@H](C(=O)N[C@@H](c2cc(F)c(Cl)cc2F)C2COC2)N(C(=O)c2ccnc(C(F)F)c2)C1. The minimum Gasteiger partial charge on any atom is -0.381 e. The second-order valence-electron chi connectivity index (χ2n) is 8.66. The van der Waals surface area contributed by atoms with Crippen LogP contribution in [0.3, 0.4) is 0 Å². The van der Waals surface area contributed by atoms with E-state index in [9.17, 15) is 27.2 Å². The molecule has 1 N–H and O–H groups in total. The zero-order valence-electron chi connectivity index (χ0n) is 18.1. The zero-order valence-corrected chi connectivity index (χ0v) is 18.9. The molecule has 1 aromatic heterocycles. The molecule has 0 unspecified atom stereocenters. The number of aromatic nitrogens is 1. The first kappa shape index (κ1) is 24.4. The number of hydrogen-bond acceptors (Lipinski definition) is 4. The Labute approximate surface area is 198 Å². The van der Waals surface area contributed by atoms with Crippen molar-refractivity contribution in [2.45, 2.75) is 31.9 Å². The predicted octanol–water partition coefficient (Wildman–Crippen LogP) is 4.31. The summed E-state index contributed by atoms with van der Waals surface area (Å²) in [4.78, 5) is 31.3. The van der Waals surface area contributed by atoms with Gasteiger partial charge >= 0.3 is 0 Å². The summed E-state index contributed by atoms with van der Waals surface area (Å²) in [5.74, 6) is -3.06. The van der Waals surface area contributed by atoms with E-state index < -0.39 is 47.7 Å². The molecular formula is C23H22ClF4N3O3. The quantitative estimate of drug-likeness (QED) is 0.475. The summed E-state index contributed by atoms with van der Waals surface area (Å²) in [5.41, 5.74) is -0.612. The van der Waals surface area contributed by atoms with Gasteiger partial charge in [-0.2, -0.15) is 0 Å². The van der Waals surface area contributed by atoms with Crippen LogP contribution in [0.4, 0.5) is 17.6 Å². The van der Waals surface area contributed by atoms with Crippen molar-refractivity contribution in [3.05, 3.63) is 63.9 Å². The molecule has 2 saturated heterocycles. The maximum absolute atomic E-state index is 14.6. The van der Waals surface area contributed by atoms with Gasteiger partial charge in [0, 0.05) is 29.8 Å². The summed E-state index contributed by atoms with van der Waals surface area (Å²) in [5, 5.41) is 2.38. The molecule has 1 aromatic carbocycles. The minimum atomic E-state index is -2.84. The van der Waals surface area contributed by atoms with E-state index in [1.807, 2.05) is 6.92 Å². The van der Waals surface area contributed by atoms with Crippen molar-refractivity contribution in [3.63, 3.8) is 0 Å². The van der Waals surface area contributed by atoms with Crippen LogP contribution in [0.2, 0.25) is 5.02 Å². The Morgan fingerprint density at radius 2 is 1.94 bits per heavy atom. The number of halogens is 5. The zero-order chi connectivity index (χ0) is 24.6. The Bertz CT molecular complexity index is 1100. The number of carbonyl (C=O) groups excluding carboxylic acids is 2. The average molecular weight is 500 g/mol. The predicted molar refractivity (Wildman–Crippen MR) is 114 cm³/mol. The van der Waals surface area contributed by atoms with Crippen LogP contribution in [0.5, 0.6) is 0 Å². The lowest BCUT2D eigenvalue weighted by Gasteiger charge is -2.36. The highest BCUT2D eigenvalue weighted by atomic mass is 35.5. The molecule has 182 valence electrons. The molecule has 3 heterocycles. The summed E-state index contributed by atoms with van der Waals surface area (Å²) in [6.07, 6.45) is -1.40. The second-order valence-corrected chi connectivity index (χ2v) is 9.06. The van der Waals surface area contributed by atoms with E-state index in [4.69, 9.17) is 16.3 Å². The van der Waals surface area contributed by atoms with E-state index in [-0.39, 0.29) is 47.7 Å². The molecule has 0 spiro atoms. The van der Waals surface area contributed by atoms with Crippen molar-refractivity contribution in [2.24, 2.45) is 11.8 Å². The lowest BCUT2D eigenvalue weighted by atomic mass is 9.90.